The molecule has 0 unspecified atom stereocenters. The van der Waals surface area contributed by atoms with E-state index in [1.807, 2.05) is 0 Å². The van der Waals surface area contributed by atoms with Crippen LogP contribution in [0.4, 0.5) is 0 Å². The molecule has 2 aliphatic carbocycles. The SMILES string of the molecule is CC(C)CC(=O)O[C@H]1C[C@H]2CC[C@]1(C)C2(C)C. The standard InChI is InChI=1S/C15H26O2/c1-10(2)8-13(16)17-12-9-11-6-7-15(12,5)14(11,3)4/h10-12H,6-9H2,1-5H3/t11-,12+,15+/m1/s1. The van der Waals surface area contributed by atoms with Gasteiger partial charge in [-0.05, 0) is 36.5 Å². The first kappa shape index (κ1) is 12.9. The lowest BCUT2D eigenvalue weighted by molar-refractivity contribution is -0.157. The van der Waals surface area contributed by atoms with Crippen molar-refractivity contribution in [2.75, 3.05) is 0 Å². The molecule has 2 aliphatic rings. The van der Waals surface area contributed by atoms with E-state index in [9.17, 15) is 4.79 Å². The number of fused-ring (bicyclic) bond motifs is 2. The molecule has 2 nitrogen and oxygen atoms in total. The summed E-state index contributed by atoms with van der Waals surface area (Å²) in [4.78, 5) is 11.8. The minimum atomic E-state index is -0.00502. The molecule has 2 rings (SSSR count). The largest absolute Gasteiger partial charge is 0.462 e. The van der Waals surface area contributed by atoms with Crippen molar-refractivity contribution >= 4 is 5.97 Å². The fourth-order valence-electron chi connectivity index (χ4n) is 3.85. The molecule has 2 bridgehead atoms. The van der Waals surface area contributed by atoms with Crippen molar-refractivity contribution in [3.63, 3.8) is 0 Å². The predicted octanol–water partition coefficient (Wildman–Crippen LogP) is 3.79. The Balaban J connectivity index is 2.03. The van der Waals surface area contributed by atoms with E-state index in [1.165, 1.54) is 12.8 Å². The minimum absolute atomic E-state index is 0.00502. The minimum Gasteiger partial charge on any atom is -0.462 e. The Morgan fingerprint density at radius 1 is 1.35 bits per heavy atom. The molecule has 98 valence electrons. The third kappa shape index (κ3) is 1.90. The van der Waals surface area contributed by atoms with Gasteiger partial charge in [-0.15, -0.1) is 0 Å². The van der Waals surface area contributed by atoms with Crippen LogP contribution in [0.15, 0.2) is 0 Å². The van der Waals surface area contributed by atoms with Gasteiger partial charge in [0, 0.05) is 11.8 Å². The van der Waals surface area contributed by atoms with Crippen molar-refractivity contribution in [2.45, 2.75) is 66.4 Å². The van der Waals surface area contributed by atoms with E-state index in [4.69, 9.17) is 4.74 Å². The molecule has 0 N–H and O–H groups in total. The van der Waals surface area contributed by atoms with E-state index < -0.39 is 0 Å². The lowest BCUT2D eigenvalue weighted by Gasteiger charge is -2.38. The highest BCUT2D eigenvalue weighted by atomic mass is 16.5. The molecule has 0 aromatic carbocycles. The van der Waals surface area contributed by atoms with Crippen LogP contribution in [-0.4, -0.2) is 12.1 Å². The number of rotatable bonds is 3. The van der Waals surface area contributed by atoms with E-state index in [1.54, 1.807) is 0 Å². The molecule has 0 aliphatic heterocycles. The van der Waals surface area contributed by atoms with Crippen LogP contribution in [0.1, 0.15) is 60.3 Å². The highest BCUT2D eigenvalue weighted by Gasteiger charge is 2.62. The lowest BCUT2D eigenvalue weighted by atomic mass is 9.70. The van der Waals surface area contributed by atoms with E-state index in [0.29, 0.717) is 17.8 Å². The Labute approximate surface area is 105 Å². The summed E-state index contributed by atoms with van der Waals surface area (Å²) in [5.74, 6) is 1.13. The number of hydrogen-bond donors (Lipinski definition) is 0. The molecule has 2 fully saturated rings. The molecule has 0 radical (unpaired) electrons. The van der Waals surface area contributed by atoms with Crippen LogP contribution in [0.3, 0.4) is 0 Å². The van der Waals surface area contributed by atoms with Gasteiger partial charge in [-0.2, -0.15) is 0 Å². The lowest BCUT2D eigenvalue weighted by Crippen LogP contribution is -2.38. The highest BCUT2D eigenvalue weighted by molar-refractivity contribution is 5.70. The van der Waals surface area contributed by atoms with Crippen molar-refractivity contribution in [1.29, 1.82) is 0 Å². The first-order valence-corrected chi connectivity index (χ1v) is 6.97. The van der Waals surface area contributed by atoms with Crippen molar-refractivity contribution in [1.82, 2.24) is 0 Å². The molecule has 0 saturated heterocycles. The fourth-order valence-corrected chi connectivity index (χ4v) is 3.85. The van der Waals surface area contributed by atoms with E-state index in [-0.39, 0.29) is 17.5 Å². The van der Waals surface area contributed by atoms with Gasteiger partial charge < -0.3 is 4.74 Å². The predicted molar refractivity (Wildman–Crippen MR) is 68.6 cm³/mol. The summed E-state index contributed by atoms with van der Waals surface area (Å²) in [5, 5.41) is 0. The zero-order chi connectivity index (χ0) is 12.8. The smallest absolute Gasteiger partial charge is 0.306 e. The normalized spacial score (nSPS) is 38.7. The van der Waals surface area contributed by atoms with Crippen molar-refractivity contribution in [3.05, 3.63) is 0 Å². The van der Waals surface area contributed by atoms with Gasteiger partial charge >= 0.3 is 5.97 Å². The Morgan fingerprint density at radius 3 is 2.41 bits per heavy atom. The van der Waals surface area contributed by atoms with Gasteiger partial charge in [-0.1, -0.05) is 34.6 Å². The van der Waals surface area contributed by atoms with Crippen molar-refractivity contribution in [2.24, 2.45) is 22.7 Å². The number of carbonyl (C=O) groups excluding carboxylic acids is 1. The summed E-state index contributed by atoms with van der Waals surface area (Å²) in [6.45, 7) is 11.1. The summed E-state index contributed by atoms with van der Waals surface area (Å²) in [5.41, 5.74) is 0.528. The first-order valence-electron chi connectivity index (χ1n) is 6.97. The molecule has 0 heterocycles. The molecule has 0 aromatic rings. The quantitative estimate of drug-likeness (QED) is 0.699. The summed E-state index contributed by atoms with van der Waals surface area (Å²) in [6, 6.07) is 0. The third-order valence-corrected chi connectivity index (χ3v) is 5.56. The van der Waals surface area contributed by atoms with Gasteiger partial charge in [-0.25, -0.2) is 0 Å². The van der Waals surface area contributed by atoms with E-state index >= 15 is 0 Å². The van der Waals surface area contributed by atoms with E-state index in [2.05, 4.69) is 34.6 Å². The number of hydrogen-bond acceptors (Lipinski definition) is 2. The average Bonchev–Trinajstić information content (AvgIpc) is 2.49. The van der Waals surface area contributed by atoms with Crippen LogP contribution in [-0.2, 0) is 9.53 Å². The summed E-state index contributed by atoms with van der Waals surface area (Å²) in [7, 11) is 0. The van der Waals surface area contributed by atoms with E-state index in [0.717, 1.165) is 12.3 Å². The van der Waals surface area contributed by atoms with Crippen molar-refractivity contribution < 1.29 is 9.53 Å². The van der Waals surface area contributed by atoms with Crippen molar-refractivity contribution in [3.8, 4) is 0 Å². The Morgan fingerprint density at radius 2 is 2.00 bits per heavy atom. The maximum Gasteiger partial charge on any atom is 0.306 e. The summed E-state index contributed by atoms with van der Waals surface area (Å²) >= 11 is 0. The molecule has 0 spiro atoms. The van der Waals surface area contributed by atoms with Gasteiger partial charge in [0.15, 0.2) is 0 Å². The summed E-state index contributed by atoms with van der Waals surface area (Å²) in [6.07, 6.45) is 4.30. The molecule has 0 amide bonds. The molecular formula is C15H26O2. The number of esters is 1. The monoisotopic (exact) mass is 238 g/mol. The number of carbonyl (C=O) groups is 1. The topological polar surface area (TPSA) is 26.3 Å². The van der Waals surface area contributed by atoms with Gasteiger partial charge in [0.1, 0.15) is 6.10 Å². The van der Waals surface area contributed by atoms with Crippen LogP contribution in [0, 0.1) is 22.7 Å². The second kappa shape index (κ2) is 4.00. The fraction of sp³-hybridized carbons (Fsp3) is 0.933. The van der Waals surface area contributed by atoms with Gasteiger partial charge in [0.2, 0.25) is 0 Å². The molecule has 2 heteroatoms. The molecule has 3 atom stereocenters. The van der Waals surface area contributed by atoms with Gasteiger partial charge in [0.05, 0.1) is 0 Å². The van der Waals surface area contributed by atoms with Gasteiger partial charge in [0.25, 0.3) is 0 Å². The maximum atomic E-state index is 11.8. The van der Waals surface area contributed by atoms with Crippen LogP contribution < -0.4 is 0 Å². The molecule has 17 heavy (non-hydrogen) atoms. The Hall–Kier alpha value is -0.530. The third-order valence-electron chi connectivity index (χ3n) is 5.56. The van der Waals surface area contributed by atoms with Crippen LogP contribution in [0.2, 0.25) is 0 Å². The Bertz CT molecular complexity index is 319. The van der Waals surface area contributed by atoms with Crippen LogP contribution in [0.5, 0.6) is 0 Å². The molecule has 2 saturated carbocycles. The van der Waals surface area contributed by atoms with Crippen LogP contribution >= 0.6 is 0 Å². The van der Waals surface area contributed by atoms with Gasteiger partial charge in [-0.3, -0.25) is 4.79 Å². The Kier molecular flexibility index (Phi) is 3.04. The highest BCUT2D eigenvalue weighted by Crippen LogP contribution is 2.66. The zero-order valence-corrected chi connectivity index (χ0v) is 11.9. The van der Waals surface area contributed by atoms with Crippen LogP contribution in [0.25, 0.3) is 0 Å². The maximum absolute atomic E-state index is 11.8. The average molecular weight is 238 g/mol. The number of ether oxygens (including phenoxy) is 1. The first-order chi connectivity index (χ1) is 7.77. The molecular weight excluding hydrogens is 212 g/mol. The second-order valence-corrected chi connectivity index (χ2v) is 7.19. The zero-order valence-electron chi connectivity index (χ0n) is 11.9. The second-order valence-electron chi connectivity index (χ2n) is 7.19. The summed E-state index contributed by atoms with van der Waals surface area (Å²) < 4.78 is 5.76. The molecule has 0 aromatic heterocycles.